The Morgan fingerprint density at radius 3 is 2.53 bits per heavy atom. The molecule has 0 saturated carbocycles. The van der Waals surface area contributed by atoms with Crippen LogP contribution in [0.5, 0.6) is 0 Å². The van der Waals surface area contributed by atoms with Crippen LogP contribution < -0.4 is 5.32 Å². The highest BCUT2D eigenvalue weighted by Gasteiger charge is 2.38. The monoisotopic (exact) mass is 718 g/mol. The van der Waals surface area contributed by atoms with Gasteiger partial charge in [-0.1, -0.05) is 55.8 Å². The van der Waals surface area contributed by atoms with Crippen LogP contribution in [0.1, 0.15) is 72.1 Å². The smallest absolute Gasteiger partial charge is 0.324 e. The summed E-state index contributed by atoms with van der Waals surface area (Å²) in [6.07, 6.45) is -0.474. The molecule has 3 aromatic carbocycles. The predicted molar refractivity (Wildman–Crippen MR) is 190 cm³/mol. The fourth-order valence-electron chi connectivity index (χ4n) is 7.04. The van der Waals surface area contributed by atoms with Crippen molar-refractivity contribution in [2.45, 2.75) is 77.5 Å². The van der Waals surface area contributed by atoms with Crippen LogP contribution >= 0.6 is 0 Å². The number of hydrogen-bond acceptors (Lipinski definition) is 6. The summed E-state index contributed by atoms with van der Waals surface area (Å²) in [4.78, 5) is 17.7. The first-order chi connectivity index (χ1) is 24.2. The molecule has 0 fully saturated rings. The predicted octanol–water partition coefficient (Wildman–Crippen LogP) is 7.66. The molecule has 3 atom stereocenters. The lowest BCUT2D eigenvalue weighted by Crippen LogP contribution is -2.34. The van der Waals surface area contributed by atoms with E-state index in [2.05, 4.69) is 20.6 Å². The summed E-state index contributed by atoms with van der Waals surface area (Å²) in [6, 6.07) is 16.2. The zero-order valence-electron chi connectivity index (χ0n) is 29.2. The molecule has 0 aliphatic carbocycles. The summed E-state index contributed by atoms with van der Waals surface area (Å²) < 4.78 is 72.7. The number of alkyl halides is 3. The summed E-state index contributed by atoms with van der Waals surface area (Å²) in [5.74, 6) is -1.39. The van der Waals surface area contributed by atoms with Crippen molar-refractivity contribution >= 4 is 32.7 Å². The molecule has 5 aromatic rings. The molecule has 3 heterocycles. The maximum Gasteiger partial charge on any atom is 0.416 e. The summed E-state index contributed by atoms with van der Waals surface area (Å²) in [7, 11) is -4.30. The van der Waals surface area contributed by atoms with Crippen LogP contribution in [0.25, 0.3) is 11.0 Å². The second-order valence-corrected chi connectivity index (χ2v) is 15.2. The Balaban J connectivity index is 1.43. The number of benzene rings is 3. The molecule has 51 heavy (non-hydrogen) atoms. The summed E-state index contributed by atoms with van der Waals surface area (Å²) in [5.41, 5.74) is 5.60. The summed E-state index contributed by atoms with van der Waals surface area (Å²) in [6.45, 7) is 10.4. The average molecular weight is 719 g/mol. The number of nitrogens with zero attached hydrogens (tertiary/aromatic N) is 5. The number of pyridine rings is 1. The second-order valence-electron chi connectivity index (χ2n) is 13.3. The van der Waals surface area contributed by atoms with E-state index in [0.29, 0.717) is 36.2 Å². The molecule has 1 N–H and O–H groups in total. The number of anilines is 1. The Morgan fingerprint density at radius 2 is 1.84 bits per heavy atom. The second kappa shape index (κ2) is 14.2. The van der Waals surface area contributed by atoms with Crippen LogP contribution in [0.4, 0.5) is 18.9 Å². The van der Waals surface area contributed by atoms with E-state index < -0.39 is 33.6 Å². The van der Waals surface area contributed by atoms with Crippen LogP contribution in [0.15, 0.2) is 78.0 Å². The fraction of sp³-hybridized carbons (Fsp3) is 0.368. The minimum atomic E-state index is -4.68. The topological polar surface area (TPSA) is 110 Å². The minimum Gasteiger partial charge on any atom is -0.324 e. The summed E-state index contributed by atoms with van der Waals surface area (Å²) >= 11 is 0. The number of amides is 1. The van der Waals surface area contributed by atoms with Gasteiger partial charge in [-0.05, 0) is 96.8 Å². The van der Waals surface area contributed by atoms with Gasteiger partial charge in [-0.2, -0.15) is 17.5 Å². The maximum atomic E-state index is 14.2. The minimum absolute atomic E-state index is 0.0416. The highest BCUT2D eigenvalue weighted by molar-refractivity contribution is 7.89. The first kappa shape index (κ1) is 36.2. The molecule has 0 unspecified atom stereocenters. The van der Waals surface area contributed by atoms with Gasteiger partial charge in [-0.3, -0.25) is 9.78 Å². The van der Waals surface area contributed by atoms with E-state index in [9.17, 15) is 26.4 Å². The van der Waals surface area contributed by atoms with Crippen molar-refractivity contribution in [1.82, 2.24) is 24.3 Å². The van der Waals surface area contributed by atoms with Crippen LogP contribution in [0.3, 0.4) is 0 Å². The number of rotatable bonds is 9. The van der Waals surface area contributed by atoms with Gasteiger partial charge in [0.2, 0.25) is 15.9 Å². The van der Waals surface area contributed by atoms with Gasteiger partial charge in [0.15, 0.2) is 0 Å². The molecule has 1 aliphatic heterocycles. The van der Waals surface area contributed by atoms with Gasteiger partial charge in [-0.15, -0.1) is 5.10 Å². The average Bonchev–Trinajstić information content (AvgIpc) is 3.49. The molecule has 6 rings (SSSR count). The molecule has 268 valence electrons. The van der Waals surface area contributed by atoms with Crippen molar-refractivity contribution in [3.63, 3.8) is 0 Å². The van der Waals surface area contributed by atoms with Crippen molar-refractivity contribution in [2.75, 3.05) is 11.9 Å². The standard InChI is InChI=1S/C38H41F3N6O3S/c1-6-26-17-27-12-13-30(38(39,40)41)19-34(27)51(49,50)46(21-26)22-29-18-28(11-10-23(29)3)35(25(5)37(48)43-31-9-8-16-42-20-31)32-14-15-33-36(24(32)4)44-45-47(33)7-2/h8-16,18-20,25-26,35H,6-7,17,21-22H2,1-5H3,(H,43,48)/t25-,26+,35+/m1/s1. The third-order valence-electron chi connectivity index (χ3n) is 10.1. The van der Waals surface area contributed by atoms with Crippen LogP contribution in [0.2, 0.25) is 0 Å². The van der Waals surface area contributed by atoms with E-state index in [1.165, 1.54) is 10.4 Å². The zero-order chi connectivity index (χ0) is 36.7. The number of aryl methyl sites for hydroxylation is 3. The molecule has 9 nitrogen and oxygen atoms in total. The first-order valence-corrected chi connectivity index (χ1v) is 18.5. The highest BCUT2D eigenvalue weighted by atomic mass is 32.2. The Morgan fingerprint density at radius 1 is 1.06 bits per heavy atom. The van der Waals surface area contributed by atoms with Crippen molar-refractivity contribution in [3.05, 3.63) is 112 Å². The Bertz CT molecular complexity index is 2190. The van der Waals surface area contributed by atoms with E-state index >= 15 is 0 Å². The molecule has 13 heteroatoms. The van der Waals surface area contributed by atoms with Gasteiger partial charge in [-0.25, -0.2) is 13.1 Å². The zero-order valence-corrected chi connectivity index (χ0v) is 30.0. The normalized spacial score (nSPS) is 17.5. The molecule has 0 bridgehead atoms. The Labute approximate surface area is 295 Å². The molecular weight excluding hydrogens is 678 g/mol. The number of carbonyl (C=O) groups excluding carboxylic acids is 1. The van der Waals surface area contributed by atoms with E-state index in [1.54, 1.807) is 24.5 Å². The molecule has 1 aliphatic rings. The highest BCUT2D eigenvalue weighted by Crippen LogP contribution is 2.39. The first-order valence-electron chi connectivity index (χ1n) is 17.1. The quantitative estimate of drug-likeness (QED) is 0.168. The molecule has 0 spiro atoms. The number of sulfonamides is 1. The van der Waals surface area contributed by atoms with Gasteiger partial charge < -0.3 is 5.32 Å². The number of halogens is 3. The third-order valence-corrected chi connectivity index (χ3v) is 12.0. The van der Waals surface area contributed by atoms with Crippen molar-refractivity contribution in [2.24, 2.45) is 11.8 Å². The Hall–Kier alpha value is -4.62. The Kier molecular flexibility index (Phi) is 10.1. The molecule has 1 amide bonds. The lowest BCUT2D eigenvalue weighted by Gasteiger charge is -2.28. The van der Waals surface area contributed by atoms with Crippen molar-refractivity contribution < 1.29 is 26.4 Å². The number of carbonyl (C=O) groups is 1. The van der Waals surface area contributed by atoms with Gasteiger partial charge in [0.25, 0.3) is 0 Å². The van der Waals surface area contributed by atoms with E-state index in [0.717, 1.165) is 45.4 Å². The van der Waals surface area contributed by atoms with E-state index in [1.807, 2.05) is 69.6 Å². The van der Waals surface area contributed by atoms with Crippen LogP contribution in [-0.2, 0) is 40.5 Å². The van der Waals surface area contributed by atoms with Gasteiger partial charge >= 0.3 is 6.18 Å². The van der Waals surface area contributed by atoms with Crippen molar-refractivity contribution in [1.29, 1.82) is 0 Å². The number of nitrogens with one attached hydrogen (secondary N) is 1. The van der Waals surface area contributed by atoms with Gasteiger partial charge in [0.1, 0.15) is 5.52 Å². The lowest BCUT2D eigenvalue weighted by atomic mass is 9.78. The number of fused-ring (bicyclic) bond motifs is 2. The van der Waals surface area contributed by atoms with E-state index in [-0.39, 0.29) is 29.8 Å². The van der Waals surface area contributed by atoms with Crippen molar-refractivity contribution in [3.8, 4) is 0 Å². The van der Waals surface area contributed by atoms with Gasteiger partial charge in [0, 0.05) is 37.7 Å². The van der Waals surface area contributed by atoms with Crippen LogP contribution in [0, 0.1) is 25.7 Å². The number of aromatic nitrogens is 4. The van der Waals surface area contributed by atoms with Crippen LogP contribution in [-0.4, -0.2) is 45.2 Å². The maximum absolute atomic E-state index is 14.2. The van der Waals surface area contributed by atoms with Gasteiger partial charge in [0.05, 0.1) is 27.9 Å². The molecule has 2 aromatic heterocycles. The SMILES string of the molecule is CC[C@H]1Cc2ccc(C(F)(F)F)cc2S(=O)(=O)N(Cc2cc([C@@H](c3ccc4c(nnn4CC)c3C)[C@@H](C)C(=O)Nc3cccnc3)ccc2C)C1. The summed E-state index contributed by atoms with van der Waals surface area (Å²) in [5, 5.41) is 11.7. The number of hydrogen-bond donors (Lipinski definition) is 1. The lowest BCUT2D eigenvalue weighted by molar-refractivity contribution is -0.137. The fourth-order valence-corrected chi connectivity index (χ4v) is 8.80. The third kappa shape index (κ3) is 7.14. The molecular formula is C38H41F3N6O3S. The molecule has 0 radical (unpaired) electrons. The largest absolute Gasteiger partial charge is 0.416 e. The van der Waals surface area contributed by atoms with E-state index in [4.69, 9.17) is 0 Å². The molecule has 0 saturated heterocycles.